The molecular formula is C17H27F3IN5O. The summed E-state index contributed by atoms with van der Waals surface area (Å²) in [5.74, 6) is 1.23. The third-order valence-electron chi connectivity index (χ3n) is 3.84. The maximum Gasteiger partial charge on any atom is 0.390 e. The highest BCUT2D eigenvalue weighted by Crippen LogP contribution is 2.18. The van der Waals surface area contributed by atoms with Crippen LogP contribution in [0.5, 0.6) is 0 Å². The van der Waals surface area contributed by atoms with E-state index in [0.717, 1.165) is 24.5 Å². The lowest BCUT2D eigenvalue weighted by atomic mass is 10.2. The first-order valence-electron chi connectivity index (χ1n) is 8.78. The zero-order valence-electron chi connectivity index (χ0n) is 15.6. The molecule has 2 heterocycles. The molecule has 1 aliphatic rings. The van der Waals surface area contributed by atoms with Gasteiger partial charge in [-0.15, -0.1) is 24.0 Å². The lowest BCUT2D eigenvalue weighted by molar-refractivity contribution is -0.132. The number of rotatable bonds is 6. The first-order chi connectivity index (χ1) is 12.4. The van der Waals surface area contributed by atoms with Gasteiger partial charge in [-0.25, -0.2) is 9.98 Å². The van der Waals surface area contributed by atoms with Crippen molar-refractivity contribution in [2.75, 3.05) is 37.7 Å². The molecule has 0 spiro atoms. The molecule has 1 atom stereocenters. The van der Waals surface area contributed by atoms with Gasteiger partial charge >= 0.3 is 6.18 Å². The van der Waals surface area contributed by atoms with Crippen LogP contribution in [0.25, 0.3) is 0 Å². The first-order valence-corrected chi connectivity index (χ1v) is 8.78. The summed E-state index contributed by atoms with van der Waals surface area (Å²) in [6, 6.07) is 3.82. The molecule has 1 aliphatic heterocycles. The second-order valence-corrected chi connectivity index (χ2v) is 6.14. The Bertz CT molecular complexity index is 600. The lowest BCUT2D eigenvalue weighted by Crippen LogP contribution is -2.41. The first kappa shape index (κ1) is 23.7. The largest absolute Gasteiger partial charge is 0.390 e. The van der Waals surface area contributed by atoms with E-state index in [0.29, 0.717) is 25.7 Å². The van der Waals surface area contributed by atoms with E-state index in [1.54, 1.807) is 6.20 Å². The number of alkyl halides is 3. The van der Waals surface area contributed by atoms with Gasteiger partial charge in [0.25, 0.3) is 0 Å². The fourth-order valence-corrected chi connectivity index (χ4v) is 2.59. The van der Waals surface area contributed by atoms with E-state index in [-0.39, 0.29) is 36.6 Å². The van der Waals surface area contributed by atoms with Crippen LogP contribution >= 0.6 is 24.0 Å². The summed E-state index contributed by atoms with van der Waals surface area (Å²) in [5, 5.41) is 5.66. The number of anilines is 1. The smallest absolute Gasteiger partial charge is 0.375 e. The van der Waals surface area contributed by atoms with Crippen molar-refractivity contribution < 1.29 is 17.9 Å². The predicted molar refractivity (Wildman–Crippen MR) is 111 cm³/mol. The zero-order valence-corrected chi connectivity index (χ0v) is 17.9. The minimum absolute atomic E-state index is 0. The Hall–Kier alpha value is -1.30. The molecule has 1 aromatic heterocycles. The molecule has 1 fully saturated rings. The minimum Gasteiger partial charge on any atom is -0.375 e. The molecule has 1 saturated heterocycles. The van der Waals surface area contributed by atoms with Crippen molar-refractivity contribution in [1.82, 2.24) is 15.6 Å². The molecule has 0 bridgehead atoms. The molecule has 0 radical (unpaired) electrons. The van der Waals surface area contributed by atoms with Gasteiger partial charge in [-0.3, -0.25) is 0 Å². The van der Waals surface area contributed by atoms with Crippen LogP contribution in [0.2, 0.25) is 0 Å². The quantitative estimate of drug-likeness (QED) is 0.357. The topological polar surface area (TPSA) is 61.8 Å². The fraction of sp³-hybridized carbons (Fsp3) is 0.647. The molecule has 154 valence electrons. The highest BCUT2D eigenvalue weighted by Gasteiger charge is 2.26. The number of morpholine rings is 1. The predicted octanol–water partition coefficient (Wildman–Crippen LogP) is 2.93. The summed E-state index contributed by atoms with van der Waals surface area (Å²) in [5.41, 5.74) is 0.946. The van der Waals surface area contributed by atoms with Crippen LogP contribution in [0, 0.1) is 0 Å². The SMILES string of the molecule is CCNC(=NCc1ccnc(N2CCOC(C)C2)c1)NCCC(F)(F)F.I. The molecule has 1 unspecified atom stereocenters. The van der Waals surface area contributed by atoms with Gasteiger partial charge in [-0.1, -0.05) is 0 Å². The number of nitrogens with one attached hydrogen (secondary N) is 2. The van der Waals surface area contributed by atoms with Crippen molar-refractivity contribution in [2.45, 2.75) is 39.1 Å². The Kier molecular flexibility index (Phi) is 10.1. The Morgan fingerprint density at radius 1 is 1.41 bits per heavy atom. The molecule has 2 rings (SSSR count). The molecule has 2 N–H and O–H groups in total. The maximum absolute atomic E-state index is 12.3. The van der Waals surface area contributed by atoms with E-state index in [2.05, 4.69) is 25.5 Å². The molecule has 0 amide bonds. The molecule has 6 nitrogen and oxygen atoms in total. The van der Waals surface area contributed by atoms with Crippen LogP contribution in [0.15, 0.2) is 23.3 Å². The van der Waals surface area contributed by atoms with Gasteiger partial charge in [0.1, 0.15) is 5.82 Å². The second-order valence-electron chi connectivity index (χ2n) is 6.14. The van der Waals surface area contributed by atoms with Crippen molar-refractivity contribution >= 4 is 35.8 Å². The van der Waals surface area contributed by atoms with Gasteiger partial charge in [0.15, 0.2) is 5.96 Å². The van der Waals surface area contributed by atoms with Crippen LogP contribution in [0.4, 0.5) is 19.0 Å². The Labute approximate surface area is 175 Å². The maximum atomic E-state index is 12.3. The summed E-state index contributed by atoms with van der Waals surface area (Å²) in [4.78, 5) is 10.9. The summed E-state index contributed by atoms with van der Waals surface area (Å²) in [6.45, 7) is 6.84. The van der Waals surface area contributed by atoms with E-state index >= 15 is 0 Å². The standard InChI is InChI=1S/C17H26F3N5O.HI/c1-3-21-16(23-7-5-17(18,19)20)24-11-14-4-6-22-15(10-14)25-8-9-26-13(2)12-25;/h4,6,10,13H,3,5,7-9,11-12H2,1-2H3,(H2,21,23,24);1H. The van der Waals surface area contributed by atoms with Gasteiger partial charge in [-0.2, -0.15) is 13.2 Å². The number of aromatic nitrogens is 1. The van der Waals surface area contributed by atoms with Crippen LogP contribution in [0.3, 0.4) is 0 Å². The lowest BCUT2D eigenvalue weighted by Gasteiger charge is -2.32. The number of pyridine rings is 1. The van der Waals surface area contributed by atoms with Crippen LogP contribution in [-0.2, 0) is 11.3 Å². The minimum atomic E-state index is -4.18. The average Bonchev–Trinajstić information content (AvgIpc) is 2.59. The van der Waals surface area contributed by atoms with Gasteiger partial charge in [-0.05, 0) is 31.5 Å². The summed E-state index contributed by atoms with van der Waals surface area (Å²) in [6.07, 6.45) is -3.19. The van der Waals surface area contributed by atoms with E-state index in [9.17, 15) is 13.2 Å². The van der Waals surface area contributed by atoms with E-state index in [1.807, 2.05) is 26.0 Å². The third kappa shape index (κ3) is 8.96. The van der Waals surface area contributed by atoms with Crippen molar-refractivity contribution in [1.29, 1.82) is 0 Å². The number of nitrogens with zero attached hydrogens (tertiary/aromatic N) is 3. The Morgan fingerprint density at radius 3 is 2.85 bits per heavy atom. The Morgan fingerprint density at radius 2 is 2.19 bits per heavy atom. The molecule has 0 saturated carbocycles. The molecular weight excluding hydrogens is 474 g/mol. The summed E-state index contributed by atoms with van der Waals surface area (Å²) >= 11 is 0. The second kappa shape index (κ2) is 11.5. The third-order valence-corrected chi connectivity index (χ3v) is 3.84. The van der Waals surface area contributed by atoms with Crippen LogP contribution in [-0.4, -0.2) is 56.0 Å². The molecule has 1 aromatic rings. The highest BCUT2D eigenvalue weighted by atomic mass is 127. The Balaban J connectivity index is 0.00000364. The van der Waals surface area contributed by atoms with Crippen molar-refractivity contribution in [2.24, 2.45) is 4.99 Å². The van der Waals surface area contributed by atoms with Crippen molar-refractivity contribution in [3.8, 4) is 0 Å². The van der Waals surface area contributed by atoms with Crippen LogP contribution in [0.1, 0.15) is 25.8 Å². The van der Waals surface area contributed by atoms with Gasteiger partial charge < -0.3 is 20.3 Å². The van der Waals surface area contributed by atoms with Crippen molar-refractivity contribution in [3.63, 3.8) is 0 Å². The number of ether oxygens (including phenoxy) is 1. The normalized spacial score (nSPS) is 18.0. The van der Waals surface area contributed by atoms with Gasteiger partial charge in [0.2, 0.25) is 0 Å². The number of hydrogen-bond acceptors (Lipinski definition) is 4. The number of halogens is 4. The van der Waals surface area contributed by atoms with Crippen molar-refractivity contribution in [3.05, 3.63) is 23.9 Å². The van der Waals surface area contributed by atoms with Crippen LogP contribution < -0.4 is 15.5 Å². The monoisotopic (exact) mass is 501 g/mol. The van der Waals surface area contributed by atoms with E-state index in [1.165, 1.54) is 0 Å². The fourth-order valence-electron chi connectivity index (χ4n) is 2.59. The molecule has 27 heavy (non-hydrogen) atoms. The summed E-state index contributed by atoms with van der Waals surface area (Å²) in [7, 11) is 0. The number of hydrogen-bond donors (Lipinski definition) is 2. The van der Waals surface area contributed by atoms with Gasteiger partial charge in [0.05, 0.1) is 25.7 Å². The number of aliphatic imine (C=N–C) groups is 1. The zero-order chi connectivity index (χ0) is 19.0. The highest BCUT2D eigenvalue weighted by molar-refractivity contribution is 14.0. The molecule has 0 aromatic carbocycles. The average molecular weight is 501 g/mol. The molecule has 10 heteroatoms. The summed E-state index contributed by atoms with van der Waals surface area (Å²) < 4.78 is 42.4. The number of guanidine groups is 1. The van der Waals surface area contributed by atoms with E-state index < -0.39 is 12.6 Å². The molecule has 0 aliphatic carbocycles. The van der Waals surface area contributed by atoms with Gasteiger partial charge in [0, 0.05) is 32.4 Å². The van der Waals surface area contributed by atoms with E-state index in [4.69, 9.17) is 4.74 Å².